The number of benzene rings is 1. The van der Waals surface area contributed by atoms with Gasteiger partial charge in [-0.2, -0.15) is 0 Å². The molecule has 104 valence electrons. The molecule has 0 aromatic heterocycles. The molecule has 0 saturated heterocycles. The monoisotopic (exact) mass is 264 g/mol. The van der Waals surface area contributed by atoms with Crippen molar-refractivity contribution in [2.24, 2.45) is 5.92 Å². The molecule has 0 amide bonds. The van der Waals surface area contributed by atoms with Crippen LogP contribution in [-0.4, -0.2) is 25.8 Å². The zero-order valence-corrected chi connectivity index (χ0v) is 11.9. The maximum atomic E-state index is 12.0. The van der Waals surface area contributed by atoms with Crippen LogP contribution in [0.1, 0.15) is 37.0 Å². The molecule has 0 bridgehead atoms. The third-order valence-corrected chi connectivity index (χ3v) is 2.67. The number of methoxy groups -OCH3 is 2. The lowest BCUT2D eigenvalue weighted by molar-refractivity contribution is -0.118. The van der Waals surface area contributed by atoms with E-state index >= 15 is 0 Å². The maximum absolute atomic E-state index is 12.0. The number of ketones is 2. The molecule has 0 fully saturated rings. The first-order valence-electron chi connectivity index (χ1n) is 6.24. The van der Waals surface area contributed by atoms with E-state index < -0.39 is 0 Å². The first-order chi connectivity index (χ1) is 8.96. The van der Waals surface area contributed by atoms with Gasteiger partial charge in [-0.1, -0.05) is 13.8 Å². The molecule has 0 aliphatic carbocycles. The Bertz CT molecular complexity index is 441. The molecule has 1 rings (SSSR count). The van der Waals surface area contributed by atoms with Crippen molar-refractivity contribution in [1.29, 1.82) is 0 Å². The fraction of sp³-hybridized carbons (Fsp3) is 0.467. The minimum Gasteiger partial charge on any atom is -0.497 e. The molecular formula is C15H20O4. The molecule has 19 heavy (non-hydrogen) atoms. The minimum atomic E-state index is -0.206. The third-order valence-electron chi connectivity index (χ3n) is 2.67. The first kappa shape index (κ1) is 15.2. The van der Waals surface area contributed by atoms with Crippen LogP contribution in [0, 0.1) is 5.92 Å². The standard InChI is InChI=1S/C15H20O4/c1-10(2)5-12(16)8-15(17)11-6-13(18-3)9-14(7-11)19-4/h6-7,9-10H,5,8H2,1-4H3. The SMILES string of the molecule is COc1cc(OC)cc(C(=O)CC(=O)CC(C)C)c1. The van der Waals surface area contributed by atoms with Gasteiger partial charge in [0.05, 0.1) is 20.6 Å². The van der Waals surface area contributed by atoms with Crippen LogP contribution in [0.3, 0.4) is 0 Å². The van der Waals surface area contributed by atoms with Gasteiger partial charge in [-0.25, -0.2) is 0 Å². The number of carbonyl (C=O) groups excluding carboxylic acids is 2. The zero-order valence-electron chi connectivity index (χ0n) is 11.9. The topological polar surface area (TPSA) is 52.6 Å². The van der Waals surface area contributed by atoms with E-state index in [2.05, 4.69) is 0 Å². The fourth-order valence-electron chi connectivity index (χ4n) is 1.78. The molecule has 0 spiro atoms. The molecule has 1 aromatic rings. The lowest BCUT2D eigenvalue weighted by Gasteiger charge is -2.08. The maximum Gasteiger partial charge on any atom is 0.170 e. The minimum absolute atomic E-state index is 0.0400. The van der Waals surface area contributed by atoms with E-state index in [0.29, 0.717) is 23.5 Å². The van der Waals surface area contributed by atoms with Crippen LogP contribution >= 0.6 is 0 Å². The van der Waals surface area contributed by atoms with E-state index in [9.17, 15) is 9.59 Å². The van der Waals surface area contributed by atoms with Crippen molar-refractivity contribution < 1.29 is 19.1 Å². The summed E-state index contributed by atoms with van der Waals surface area (Å²) in [6.45, 7) is 3.91. The lowest BCUT2D eigenvalue weighted by Crippen LogP contribution is -2.10. The highest BCUT2D eigenvalue weighted by molar-refractivity contribution is 6.08. The van der Waals surface area contributed by atoms with Crippen molar-refractivity contribution >= 4 is 11.6 Å². The van der Waals surface area contributed by atoms with E-state index in [-0.39, 0.29) is 23.9 Å². The quantitative estimate of drug-likeness (QED) is 0.561. The van der Waals surface area contributed by atoms with Crippen molar-refractivity contribution in [1.82, 2.24) is 0 Å². The Hall–Kier alpha value is -1.84. The van der Waals surface area contributed by atoms with Crippen LogP contribution < -0.4 is 9.47 Å². The molecule has 0 atom stereocenters. The summed E-state index contributed by atoms with van der Waals surface area (Å²) in [6, 6.07) is 4.92. The van der Waals surface area contributed by atoms with Crippen molar-refractivity contribution in [2.45, 2.75) is 26.7 Å². The van der Waals surface area contributed by atoms with E-state index in [1.807, 2.05) is 13.8 Å². The van der Waals surface area contributed by atoms with Gasteiger partial charge in [-0.05, 0) is 18.1 Å². The fourth-order valence-corrected chi connectivity index (χ4v) is 1.78. The van der Waals surface area contributed by atoms with Crippen LogP contribution in [0.5, 0.6) is 11.5 Å². The number of carbonyl (C=O) groups is 2. The predicted octanol–water partition coefficient (Wildman–Crippen LogP) is 2.89. The second kappa shape index (κ2) is 6.92. The van der Waals surface area contributed by atoms with E-state index in [1.165, 1.54) is 14.2 Å². The van der Waals surface area contributed by atoms with Crippen molar-refractivity contribution in [2.75, 3.05) is 14.2 Å². The highest BCUT2D eigenvalue weighted by atomic mass is 16.5. The first-order valence-corrected chi connectivity index (χ1v) is 6.24. The van der Waals surface area contributed by atoms with E-state index in [1.54, 1.807) is 18.2 Å². The highest BCUT2D eigenvalue weighted by Gasteiger charge is 2.15. The smallest absolute Gasteiger partial charge is 0.170 e. The average Bonchev–Trinajstić information content (AvgIpc) is 2.36. The van der Waals surface area contributed by atoms with Gasteiger partial charge in [0.2, 0.25) is 0 Å². The summed E-state index contributed by atoms with van der Waals surface area (Å²) >= 11 is 0. The zero-order chi connectivity index (χ0) is 14.4. The Morgan fingerprint density at radius 2 is 1.58 bits per heavy atom. The number of hydrogen-bond donors (Lipinski definition) is 0. The van der Waals surface area contributed by atoms with Gasteiger partial charge in [0.25, 0.3) is 0 Å². The number of Topliss-reactive ketones (excluding diaryl/α,β-unsaturated/α-hetero) is 2. The van der Waals surface area contributed by atoms with Crippen molar-refractivity contribution in [3.63, 3.8) is 0 Å². The number of ether oxygens (including phenoxy) is 2. The second-order valence-electron chi connectivity index (χ2n) is 4.84. The van der Waals surface area contributed by atoms with Crippen molar-refractivity contribution in [3.05, 3.63) is 23.8 Å². The van der Waals surface area contributed by atoms with Crippen LogP contribution in [0.2, 0.25) is 0 Å². The van der Waals surface area contributed by atoms with Crippen LogP contribution in [-0.2, 0) is 4.79 Å². The molecule has 1 aromatic carbocycles. The molecule has 0 aliphatic heterocycles. The molecule has 4 heteroatoms. The Balaban J connectivity index is 2.84. The molecule has 0 radical (unpaired) electrons. The molecule has 4 nitrogen and oxygen atoms in total. The van der Waals surface area contributed by atoms with Gasteiger partial charge in [-0.15, -0.1) is 0 Å². The highest BCUT2D eigenvalue weighted by Crippen LogP contribution is 2.23. The Labute approximate surface area is 113 Å². The summed E-state index contributed by atoms with van der Waals surface area (Å²) in [7, 11) is 3.04. The van der Waals surface area contributed by atoms with Gasteiger partial charge in [0.15, 0.2) is 5.78 Å². The summed E-state index contributed by atoms with van der Waals surface area (Å²) in [5, 5.41) is 0. The number of rotatable bonds is 7. The van der Waals surface area contributed by atoms with Crippen LogP contribution in [0.25, 0.3) is 0 Å². The summed E-state index contributed by atoms with van der Waals surface area (Å²) in [6.07, 6.45) is 0.349. The molecule has 0 saturated carbocycles. The largest absolute Gasteiger partial charge is 0.497 e. The van der Waals surface area contributed by atoms with E-state index in [0.717, 1.165) is 0 Å². The van der Waals surface area contributed by atoms with Crippen LogP contribution in [0.4, 0.5) is 0 Å². The molecular weight excluding hydrogens is 244 g/mol. The summed E-state index contributed by atoms with van der Waals surface area (Å²) < 4.78 is 10.2. The Kier molecular flexibility index (Phi) is 5.55. The summed E-state index contributed by atoms with van der Waals surface area (Å²) in [5.41, 5.74) is 0.438. The van der Waals surface area contributed by atoms with Crippen molar-refractivity contribution in [3.8, 4) is 11.5 Å². The predicted molar refractivity (Wildman–Crippen MR) is 73.0 cm³/mol. The second-order valence-corrected chi connectivity index (χ2v) is 4.84. The Morgan fingerprint density at radius 1 is 1.05 bits per heavy atom. The molecule has 0 heterocycles. The van der Waals surface area contributed by atoms with Gasteiger partial charge in [0, 0.05) is 18.1 Å². The molecule has 0 unspecified atom stereocenters. The number of hydrogen-bond acceptors (Lipinski definition) is 4. The van der Waals surface area contributed by atoms with E-state index in [4.69, 9.17) is 9.47 Å². The summed E-state index contributed by atoms with van der Waals surface area (Å²) in [5.74, 6) is 1.10. The molecule has 0 N–H and O–H groups in total. The van der Waals surface area contributed by atoms with Gasteiger partial charge >= 0.3 is 0 Å². The Morgan fingerprint density at radius 3 is 2.00 bits per heavy atom. The molecule has 0 aliphatic rings. The van der Waals surface area contributed by atoms with Gasteiger partial charge in [-0.3, -0.25) is 9.59 Å². The van der Waals surface area contributed by atoms with Gasteiger partial charge < -0.3 is 9.47 Å². The average molecular weight is 264 g/mol. The van der Waals surface area contributed by atoms with Gasteiger partial charge in [0.1, 0.15) is 17.3 Å². The lowest BCUT2D eigenvalue weighted by atomic mass is 10.00. The summed E-state index contributed by atoms with van der Waals surface area (Å²) in [4.78, 5) is 23.7. The third kappa shape index (κ3) is 4.73. The normalized spacial score (nSPS) is 10.4. The van der Waals surface area contributed by atoms with Crippen LogP contribution in [0.15, 0.2) is 18.2 Å².